The molecule has 0 radical (unpaired) electrons. The molecule has 2 N–H and O–H groups in total. The number of aromatic nitrogens is 2. The van der Waals surface area contributed by atoms with Crippen LogP contribution < -0.4 is 15.5 Å². The number of nitrogens with one attached hydrogen (secondary N) is 2. The third kappa shape index (κ3) is 5.63. The van der Waals surface area contributed by atoms with Crippen LogP contribution in [-0.2, 0) is 32.3 Å². The average Bonchev–Trinajstić information content (AvgIpc) is 2.96. The Hall–Kier alpha value is -2.20. The molecule has 1 aliphatic rings. The van der Waals surface area contributed by atoms with E-state index in [1.165, 1.54) is 18.9 Å². The van der Waals surface area contributed by atoms with E-state index in [9.17, 15) is 14.4 Å². The van der Waals surface area contributed by atoms with Crippen molar-refractivity contribution in [1.82, 2.24) is 20.2 Å². The van der Waals surface area contributed by atoms with Crippen LogP contribution in [0.5, 0.6) is 0 Å². The summed E-state index contributed by atoms with van der Waals surface area (Å²) in [5.41, 5.74) is 0.769. The van der Waals surface area contributed by atoms with Crippen LogP contribution in [0, 0.1) is 0 Å². The number of carbonyl (C=O) groups excluding carboxylic acids is 3. The van der Waals surface area contributed by atoms with E-state index < -0.39 is 14.1 Å². The van der Waals surface area contributed by atoms with Crippen LogP contribution in [0.2, 0.25) is 25.7 Å². The highest BCUT2D eigenvalue weighted by atomic mass is 28.3. The van der Waals surface area contributed by atoms with Gasteiger partial charge in [-0.1, -0.05) is 19.6 Å². The van der Waals surface area contributed by atoms with Gasteiger partial charge in [0.25, 0.3) is 5.91 Å². The molecule has 0 spiro atoms. The fourth-order valence-corrected chi connectivity index (χ4v) is 3.55. The van der Waals surface area contributed by atoms with Crippen LogP contribution in [0.1, 0.15) is 12.6 Å². The molecule has 10 heteroatoms. The third-order valence-electron chi connectivity index (χ3n) is 4.33. The molecule has 9 nitrogen and oxygen atoms in total. The Morgan fingerprint density at radius 2 is 2.07 bits per heavy atom. The lowest BCUT2D eigenvalue weighted by Gasteiger charge is -2.31. The topological polar surface area (TPSA) is 106 Å². The maximum atomic E-state index is 12.7. The number of nitrogens with zero attached hydrogens (tertiary/aromatic N) is 3. The number of hydrogen-bond acceptors (Lipinski definition) is 5. The summed E-state index contributed by atoms with van der Waals surface area (Å²) in [4.78, 5) is 41.7. The van der Waals surface area contributed by atoms with Crippen molar-refractivity contribution in [3.05, 3.63) is 12.0 Å². The molecule has 0 bridgehead atoms. The van der Waals surface area contributed by atoms with Gasteiger partial charge < -0.3 is 19.9 Å². The number of carbonyl (C=O) groups is 3. The summed E-state index contributed by atoms with van der Waals surface area (Å²) in [5, 5.41) is 5.17. The van der Waals surface area contributed by atoms with E-state index in [0.717, 1.165) is 11.7 Å². The van der Waals surface area contributed by atoms with Crippen LogP contribution in [0.25, 0.3) is 0 Å². The monoisotopic (exact) mass is 395 g/mol. The van der Waals surface area contributed by atoms with E-state index in [1.54, 1.807) is 6.33 Å². The van der Waals surface area contributed by atoms with Gasteiger partial charge in [-0.05, 0) is 6.04 Å². The minimum absolute atomic E-state index is 0.147. The minimum Gasteiger partial charge on any atom is -0.361 e. The molecule has 0 aromatic carbocycles. The molecular weight excluding hydrogens is 366 g/mol. The molecule has 3 amide bonds. The van der Waals surface area contributed by atoms with Crippen LogP contribution in [0.15, 0.2) is 6.33 Å². The summed E-state index contributed by atoms with van der Waals surface area (Å²) in [5.74, 6) is -0.502. The van der Waals surface area contributed by atoms with Gasteiger partial charge in [0.05, 0.1) is 12.0 Å². The fraction of sp³-hybridized carbons (Fsp3) is 0.647. The fourth-order valence-electron chi connectivity index (χ4n) is 2.79. The van der Waals surface area contributed by atoms with Gasteiger partial charge in [-0.25, -0.2) is 4.98 Å². The molecule has 150 valence electrons. The van der Waals surface area contributed by atoms with E-state index in [2.05, 4.69) is 35.3 Å². The molecule has 0 saturated carbocycles. The summed E-state index contributed by atoms with van der Waals surface area (Å²) in [6.45, 7) is 9.07. The first-order chi connectivity index (χ1) is 12.6. The van der Waals surface area contributed by atoms with E-state index in [0.29, 0.717) is 25.6 Å². The Labute approximate surface area is 160 Å². The zero-order valence-corrected chi connectivity index (χ0v) is 17.7. The van der Waals surface area contributed by atoms with Crippen molar-refractivity contribution >= 4 is 31.6 Å². The summed E-state index contributed by atoms with van der Waals surface area (Å²) < 4.78 is 7.62. The summed E-state index contributed by atoms with van der Waals surface area (Å²) in [6.07, 6.45) is 1.93. The Balaban J connectivity index is 2.18. The van der Waals surface area contributed by atoms with Gasteiger partial charge in [0, 0.05) is 35.1 Å². The van der Waals surface area contributed by atoms with Crippen LogP contribution in [0.3, 0.4) is 0 Å². The molecule has 1 aliphatic heterocycles. The third-order valence-corrected chi connectivity index (χ3v) is 6.03. The van der Waals surface area contributed by atoms with E-state index in [4.69, 9.17) is 4.74 Å². The van der Waals surface area contributed by atoms with Crippen LogP contribution in [0.4, 0.5) is 5.82 Å². The molecule has 0 aliphatic carbocycles. The van der Waals surface area contributed by atoms with E-state index >= 15 is 0 Å². The van der Waals surface area contributed by atoms with Crippen molar-refractivity contribution in [2.45, 2.75) is 51.8 Å². The second-order valence-electron chi connectivity index (χ2n) is 7.89. The van der Waals surface area contributed by atoms with Crippen molar-refractivity contribution in [3.8, 4) is 0 Å². The predicted octanol–water partition coefficient (Wildman–Crippen LogP) is 0.335. The molecule has 1 aromatic heterocycles. The summed E-state index contributed by atoms with van der Waals surface area (Å²) >= 11 is 0. The number of rotatable bonds is 8. The number of likely N-dealkylation sites (N-methyl/N-ethyl adjacent to an activating group) is 1. The lowest BCUT2D eigenvalue weighted by molar-refractivity contribution is -0.128. The highest BCUT2D eigenvalue weighted by Crippen LogP contribution is 2.26. The van der Waals surface area contributed by atoms with Crippen molar-refractivity contribution in [2.24, 2.45) is 0 Å². The SMILES string of the molecule is CNC(=O)CN1C(=O)C(NC(C)=O)Cc2c1ncn2COCC[Si](C)(C)C. The Kier molecular flexibility index (Phi) is 6.77. The Morgan fingerprint density at radius 3 is 2.67 bits per heavy atom. The molecule has 1 unspecified atom stereocenters. The maximum Gasteiger partial charge on any atom is 0.251 e. The van der Waals surface area contributed by atoms with E-state index in [1.807, 2.05) is 4.57 Å². The number of anilines is 1. The smallest absolute Gasteiger partial charge is 0.251 e. The molecule has 27 heavy (non-hydrogen) atoms. The molecule has 2 rings (SSSR count). The first kappa shape index (κ1) is 21.1. The van der Waals surface area contributed by atoms with Gasteiger partial charge in [-0.15, -0.1) is 0 Å². The summed E-state index contributed by atoms with van der Waals surface area (Å²) in [6, 6.07) is 0.330. The standard InChI is InChI=1S/C17H29N5O4Si/c1-12(23)20-13-8-14-16(22(17(13)25)9-15(24)18-2)19-10-21(14)11-26-6-7-27(3,4)5/h10,13H,6-9,11H2,1-5H3,(H,18,24)(H,20,23). The number of imidazole rings is 1. The van der Waals surface area contributed by atoms with Crippen LogP contribution in [-0.4, -0.2) is 61.6 Å². The first-order valence-electron chi connectivity index (χ1n) is 9.03. The van der Waals surface area contributed by atoms with Gasteiger partial charge in [-0.3, -0.25) is 19.3 Å². The number of amides is 3. The molecule has 2 heterocycles. The maximum absolute atomic E-state index is 12.7. The van der Waals surface area contributed by atoms with Crippen molar-refractivity contribution in [1.29, 1.82) is 0 Å². The molecule has 1 aromatic rings. The highest BCUT2D eigenvalue weighted by Gasteiger charge is 2.37. The van der Waals surface area contributed by atoms with Crippen LogP contribution >= 0.6 is 0 Å². The van der Waals surface area contributed by atoms with Crippen molar-refractivity contribution in [2.75, 3.05) is 25.1 Å². The highest BCUT2D eigenvalue weighted by molar-refractivity contribution is 6.76. The Morgan fingerprint density at radius 1 is 1.37 bits per heavy atom. The summed E-state index contributed by atoms with van der Waals surface area (Å²) in [7, 11) is 0.333. The minimum atomic E-state index is -1.17. The lowest BCUT2D eigenvalue weighted by atomic mass is 10.0. The first-order valence-corrected chi connectivity index (χ1v) is 12.7. The number of ether oxygens (including phenoxy) is 1. The molecular formula is C17H29N5O4Si. The molecule has 1 atom stereocenters. The molecule has 0 saturated heterocycles. The average molecular weight is 396 g/mol. The second-order valence-corrected chi connectivity index (χ2v) is 13.5. The van der Waals surface area contributed by atoms with Crippen molar-refractivity contribution < 1.29 is 19.1 Å². The molecule has 0 fully saturated rings. The lowest BCUT2D eigenvalue weighted by Crippen LogP contribution is -2.54. The zero-order chi connectivity index (χ0) is 20.2. The van der Waals surface area contributed by atoms with Gasteiger partial charge in [0.15, 0.2) is 5.82 Å². The zero-order valence-electron chi connectivity index (χ0n) is 16.7. The van der Waals surface area contributed by atoms with Gasteiger partial charge in [0.2, 0.25) is 11.8 Å². The van der Waals surface area contributed by atoms with Gasteiger partial charge in [0.1, 0.15) is 19.3 Å². The second kappa shape index (κ2) is 8.66. The van der Waals surface area contributed by atoms with Gasteiger partial charge in [-0.2, -0.15) is 0 Å². The number of fused-ring (bicyclic) bond motifs is 1. The van der Waals surface area contributed by atoms with Crippen molar-refractivity contribution in [3.63, 3.8) is 0 Å². The number of hydrogen-bond donors (Lipinski definition) is 2. The quantitative estimate of drug-likeness (QED) is 0.488. The Bertz CT molecular complexity index is 713. The van der Waals surface area contributed by atoms with Gasteiger partial charge >= 0.3 is 0 Å². The van der Waals surface area contributed by atoms with E-state index in [-0.39, 0.29) is 24.3 Å². The normalized spacial score (nSPS) is 16.9. The largest absolute Gasteiger partial charge is 0.361 e. The predicted molar refractivity (Wildman–Crippen MR) is 104 cm³/mol.